The minimum atomic E-state index is 0.801. The minimum Gasteiger partial charge on any atom is -0.0684 e. The molecule has 1 unspecified atom stereocenters. The van der Waals surface area contributed by atoms with Crippen molar-refractivity contribution in [2.75, 3.05) is 0 Å². The van der Waals surface area contributed by atoms with Crippen LogP contribution in [0.5, 0.6) is 0 Å². The molecule has 0 saturated heterocycles. The van der Waals surface area contributed by atoms with Gasteiger partial charge in [0.15, 0.2) is 0 Å². The van der Waals surface area contributed by atoms with Crippen LogP contribution in [0.25, 0.3) is 0 Å². The van der Waals surface area contributed by atoms with Crippen molar-refractivity contribution in [2.24, 2.45) is 5.92 Å². The molecule has 3 aliphatic carbocycles. The molecule has 7 heavy (non-hydrogen) atoms. The first-order valence-corrected chi connectivity index (χ1v) is 2.61. The van der Waals surface area contributed by atoms with Gasteiger partial charge in [0.25, 0.3) is 0 Å². The Morgan fingerprint density at radius 3 is 2.71 bits per heavy atom. The highest BCUT2D eigenvalue weighted by molar-refractivity contribution is 5.79. The van der Waals surface area contributed by atoms with Crippen molar-refractivity contribution in [2.45, 2.75) is 0 Å². The lowest BCUT2D eigenvalue weighted by Crippen LogP contribution is -1.60. The summed E-state index contributed by atoms with van der Waals surface area (Å²) in [6.07, 6.45) is 6.88. The molecule has 0 heteroatoms. The smallest absolute Gasteiger partial charge is 0.0217 e. The number of rotatable bonds is 0. The van der Waals surface area contributed by atoms with Gasteiger partial charge in [-0.2, -0.15) is 0 Å². The summed E-state index contributed by atoms with van der Waals surface area (Å²) in [5.41, 5.74) is 4.66. The first kappa shape index (κ1) is 2.51. The van der Waals surface area contributed by atoms with Crippen LogP contribution in [0.1, 0.15) is 0 Å². The molecule has 0 heterocycles. The van der Waals surface area contributed by atoms with E-state index in [1.54, 1.807) is 11.1 Å². The molecule has 0 N–H and O–H groups in total. The van der Waals surface area contributed by atoms with Gasteiger partial charge in [-0.15, -0.1) is 0 Å². The van der Waals surface area contributed by atoms with E-state index in [-0.39, 0.29) is 0 Å². The van der Waals surface area contributed by atoms with E-state index in [2.05, 4.69) is 18.2 Å². The molecular weight excluding hydrogens is 84.1 g/mol. The predicted molar refractivity (Wildman–Crippen MR) is 27.7 cm³/mol. The molecule has 0 saturated carbocycles. The van der Waals surface area contributed by atoms with E-state index in [4.69, 9.17) is 0 Å². The highest BCUT2D eigenvalue weighted by atomic mass is 14.4. The van der Waals surface area contributed by atoms with Gasteiger partial charge in [0.2, 0.25) is 0 Å². The molecule has 0 aromatic carbocycles. The molecule has 3 aliphatic rings. The van der Waals surface area contributed by atoms with Crippen LogP contribution in [0.3, 0.4) is 0 Å². The van der Waals surface area contributed by atoms with E-state index < -0.39 is 0 Å². The Kier molecular flexibility index (Phi) is 0.165. The molecule has 0 aromatic rings. The minimum absolute atomic E-state index is 0.801. The van der Waals surface area contributed by atoms with Crippen molar-refractivity contribution in [1.82, 2.24) is 0 Å². The monoisotopic (exact) mass is 88.0 g/mol. The van der Waals surface area contributed by atoms with Crippen molar-refractivity contribution in [1.29, 1.82) is 0 Å². The average Bonchev–Trinajstić information content (AvgIpc) is 2.47. The van der Waals surface area contributed by atoms with Gasteiger partial charge in [0.05, 0.1) is 0 Å². The summed E-state index contributed by atoms with van der Waals surface area (Å²) < 4.78 is 0. The molecule has 0 spiro atoms. The fourth-order valence-electron chi connectivity index (χ4n) is 1.25. The quantitative estimate of drug-likeness (QED) is 0.420. The first-order chi connectivity index (χ1) is 3.45. The van der Waals surface area contributed by atoms with Gasteiger partial charge in [0.1, 0.15) is 0 Å². The van der Waals surface area contributed by atoms with Crippen molar-refractivity contribution >= 4 is 0 Å². The van der Waals surface area contributed by atoms with Crippen LogP contribution in [-0.4, -0.2) is 0 Å². The van der Waals surface area contributed by atoms with Gasteiger partial charge in [-0.25, -0.2) is 0 Å². The molecular formula is C7H4. The molecule has 3 rings (SSSR count). The Balaban J connectivity index is 2.39. The summed E-state index contributed by atoms with van der Waals surface area (Å²) in [5, 5.41) is 0. The van der Waals surface area contributed by atoms with Crippen molar-refractivity contribution in [3.05, 3.63) is 34.9 Å². The molecule has 0 fully saturated rings. The van der Waals surface area contributed by atoms with Crippen molar-refractivity contribution < 1.29 is 0 Å². The van der Waals surface area contributed by atoms with Crippen LogP contribution >= 0.6 is 0 Å². The topological polar surface area (TPSA) is 0 Å². The van der Waals surface area contributed by atoms with E-state index in [1.807, 2.05) is 0 Å². The van der Waals surface area contributed by atoms with E-state index in [1.165, 1.54) is 5.57 Å². The maximum absolute atomic E-state index is 2.32. The van der Waals surface area contributed by atoms with Gasteiger partial charge in [-0.05, 0) is 22.8 Å². The number of allylic oxidation sites excluding steroid dienone is 6. The van der Waals surface area contributed by atoms with Crippen LogP contribution in [0.15, 0.2) is 34.9 Å². The fourth-order valence-corrected chi connectivity index (χ4v) is 1.25. The summed E-state index contributed by atoms with van der Waals surface area (Å²) in [4.78, 5) is 0. The summed E-state index contributed by atoms with van der Waals surface area (Å²) in [7, 11) is 0. The third-order valence-electron chi connectivity index (χ3n) is 1.81. The normalized spacial score (nSPS) is 37.7. The number of hydrogen-bond donors (Lipinski definition) is 0. The maximum atomic E-state index is 2.32. The fraction of sp³-hybridized carbons (Fsp3) is 0.143. The van der Waals surface area contributed by atoms with Gasteiger partial charge >= 0.3 is 0 Å². The standard InChI is InChI=1S/C7H4/c1-4-2-6(4)7-3-5(1)7/h1-4H. The molecule has 0 bridgehead atoms. The summed E-state index contributed by atoms with van der Waals surface area (Å²) >= 11 is 0. The van der Waals surface area contributed by atoms with Crippen molar-refractivity contribution in [3.8, 4) is 0 Å². The third-order valence-corrected chi connectivity index (χ3v) is 1.81. The van der Waals surface area contributed by atoms with E-state index >= 15 is 0 Å². The Bertz CT molecular complexity index is 239. The van der Waals surface area contributed by atoms with Crippen molar-refractivity contribution in [3.63, 3.8) is 0 Å². The van der Waals surface area contributed by atoms with Gasteiger partial charge in [0, 0.05) is 5.92 Å². The number of fused-ring (bicyclic) bond motifs is 3. The Morgan fingerprint density at radius 2 is 2.29 bits per heavy atom. The Labute approximate surface area is 41.8 Å². The molecule has 0 aliphatic heterocycles. The third kappa shape index (κ3) is 0.147. The zero-order valence-corrected chi connectivity index (χ0v) is 3.81. The Morgan fingerprint density at radius 1 is 1.29 bits per heavy atom. The molecule has 32 valence electrons. The highest BCUT2D eigenvalue weighted by Crippen LogP contribution is 2.54. The summed E-state index contributed by atoms with van der Waals surface area (Å²) in [5.74, 6) is 0.801. The lowest BCUT2D eigenvalue weighted by molar-refractivity contribution is 1.23. The summed E-state index contributed by atoms with van der Waals surface area (Å²) in [6, 6.07) is 0. The summed E-state index contributed by atoms with van der Waals surface area (Å²) in [6.45, 7) is 0. The van der Waals surface area contributed by atoms with Crippen LogP contribution < -0.4 is 0 Å². The largest absolute Gasteiger partial charge is 0.0684 e. The molecule has 1 atom stereocenters. The van der Waals surface area contributed by atoms with Crippen LogP contribution in [-0.2, 0) is 0 Å². The highest BCUT2D eigenvalue weighted by Gasteiger charge is 2.39. The van der Waals surface area contributed by atoms with Gasteiger partial charge < -0.3 is 0 Å². The lowest BCUT2D eigenvalue weighted by Gasteiger charge is -1.71. The Hall–Kier alpha value is -0.780. The molecule has 0 amide bonds. The second-order valence-corrected chi connectivity index (χ2v) is 2.33. The van der Waals surface area contributed by atoms with Gasteiger partial charge in [-0.1, -0.05) is 12.2 Å². The van der Waals surface area contributed by atoms with Crippen LogP contribution in [0.2, 0.25) is 0 Å². The van der Waals surface area contributed by atoms with Crippen LogP contribution in [0.4, 0.5) is 0 Å². The number of hydrogen-bond acceptors (Lipinski definition) is 0. The van der Waals surface area contributed by atoms with E-state index in [0.717, 1.165) is 5.92 Å². The second kappa shape index (κ2) is 0.460. The maximum Gasteiger partial charge on any atom is 0.0217 e. The zero-order valence-electron chi connectivity index (χ0n) is 3.81. The molecule has 0 aromatic heterocycles. The SMILES string of the molecule is C1=C2C=C2C2=CC12. The lowest BCUT2D eigenvalue weighted by atomic mass is 10.3. The second-order valence-electron chi connectivity index (χ2n) is 2.33. The first-order valence-electron chi connectivity index (χ1n) is 2.61. The van der Waals surface area contributed by atoms with Crippen LogP contribution in [0, 0.1) is 5.92 Å². The zero-order chi connectivity index (χ0) is 4.43. The van der Waals surface area contributed by atoms with E-state index in [0.29, 0.717) is 0 Å². The van der Waals surface area contributed by atoms with Gasteiger partial charge in [-0.3, -0.25) is 0 Å². The molecule has 0 radical (unpaired) electrons. The van der Waals surface area contributed by atoms with E-state index in [9.17, 15) is 0 Å². The molecule has 0 nitrogen and oxygen atoms in total. The predicted octanol–water partition coefficient (Wildman–Crippen LogP) is 1.42. The average molecular weight is 88.1 g/mol.